The summed E-state index contributed by atoms with van der Waals surface area (Å²) in [6, 6.07) is 6.69. The van der Waals surface area contributed by atoms with Gasteiger partial charge in [-0.05, 0) is 37.0 Å². The van der Waals surface area contributed by atoms with Crippen molar-refractivity contribution in [1.29, 1.82) is 0 Å². The Balaban J connectivity index is 1.91. The molecular formula is C15H23N3O4. The molecule has 1 heterocycles. The summed E-state index contributed by atoms with van der Waals surface area (Å²) in [5.74, 6) is 0. The van der Waals surface area contributed by atoms with Crippen LogP contribution in [0.5, 0.6) is 0 Å². The topological polar surface area (TPSA) is 117 Å². The molecule has 0 aliphatic carbocycles. The molecule has 1 aliphatic rings. The average Bonchev–Trinajstić information content (AvgIpc) is 2.49. The minimum absolute atomic E-state index is 0.0452. The Hall–Kier alpha value is -1.67. The van der Waals surface area contributed by atoms with Crippen molar-refractivity contribution >= 4 is 11.7 Å². The van der Waals surface area contributed by atoms with Crippen molar-refractivity contribution in [3.05, 3.63) is 29.8 Å². The smallest absolute Gasteiger partial charge is 0.316 e. The molecule has 1 aromatic rings. The van der Waals surface area contributed by atoms with Gasteiger partial charge in [0.05, 0.1) is 18.3 Å². The van der Waals surface area contributed by atoms with Crippen LogP contribution in [0.3, 0.4) is 0 Å². The van der Waals surface area contributed by atoms with E-state index in [-0.39, 0.29) is 12.2 Å². The van der Waals surface area contributed by atoms with Gasteiger partial charge in [-0.2, -0.15) is 0 Å². The van der Waals surface area contributed by atoms with E-state index in [0.717, 1.165) is 12.0 Å². The van der Waals surface area contributed by atoms with Gasteiger partial charge in [-0.1, -0.05) is 12.1 Å². The molecule has 2 amide bonds. The van der Waals surface area contributed by atoms with Crippen LogP contribution in [0.2, 0.25) is 0 Å². The number of anilines is 1. The maximum Gasteiger partial charge on any atom is 0.316 e. The lowest BCUT2D eigenvalue weighted by molar-refractivity contribution is -0.119. The van der Waals surface area contributed by atoms with Gasteiger partial charge >= 0.3 is 6.03 Å². The second kappa shape index (κ2) is 8.09. The largest absolute Gasteiger partial charge is 0.390 e. The van der Waals surface area contributed by atoms with E-state index in [1.54, 1.807) is 12.1 Å². The molecule has 7 heteroatoms. The van der Waals surface area contributed by atoms with E-state index >= 15 is 0 Å². The number of primary amides is 1. The van der Waals surface area contributed by atoms with Crippen LogP contribution in [0.15, 0.2) is 24.3 Å². The highest BCUT2D eigenvalue weighted by Gasteiger charge is 2.29. The standard InChI is InChI=1S/C15H23N3O4/c16-15(20)18-11-3-1-10(2-4-11)9-14-13(19)6-5-12(22-14)7-8-17-21/h1-4,12-14,17,19,21H,5-9H2,(H3,16,18,20). The molecule has 1 aromatic carbocycles. The Morgan fingerprint density at radius 3 is 2.68 bits per heavy atom. The third-order valence-corrected chi connectivity index (χ3v) is 3.82. The maximum absolute atomic E-state index is 10.8. The summed E-state index contributed by atoms with van der Waals surface area (Å²) < 4.78 is 5.91. The van der Waals surface area contributed by atoms with Gasteiger partial charge in [-0.3, -0.25) is 0 Å². The summed E-state index contributed by atoms with van der Waals surface area (Å²) >= 11 is 0. The van der Waals surface area contributed by atoms with Gasteiger partial charge in [-0.15, -0.1) is 0 Å². The monoisotopic (exact) mass is 309 g/mol. The molecule has 3 atom stereocenters. The van der Waals surface area contributed by atoms with E-state index in [2.05, 4.69) is 10.8 Å². The van der Waals surface area contributed by atoms with Crippen molar-refractivity contribution in [2.45, 2.75) is 44.0 Å². The normalized spacial score (nSPS) is 24.9. The fourth-order valence-electron chi connectivity index (χ4n) is 2.67. The lowest BCUT2D eigenvalue weighted by atomic mass is 9.95. The average molecular weight is 309 g/mol. The summed E-state index contributed by atoms with van der Waals surface area (Å²) in [7, 11) is 0. The van der Waals surface area contributed by atoms with E-state index in [1.807, 2.05) is 12.1 Å². The van der Waals surface area contributed by atoms with Crippen molar-refractivity contribution in [3.8, 4) is 0 Å². The third-order valence-electron chi connectivity index (χ3n) is 3.82. The molecule has 22 heavy (non-hydrogen) atoms. The van der Waals surface area contributed by atoms with Crippen LogP contribution in [0.1, 0.15) is 24.8 Å². The number of carbonyl (C=O) groups excluding carboxylic acids is 1. The van der Waals surface area contributed by atoms with Gasteiger partial charge in [0, 0.05) is 18.7 Å². The number of rotatable bonds is 6. The molecular weight excluding hydrogens is 286 g/mol. The van der Waals surface area contributed by atoms with Crippen LogP contribution >= 0.6 is 0 Å². The van der Waals surface area contributed by atoms with Crippen LogP contribution in [0.25, 0.3) is 0 Å². The zero-order valence-electron chi connectivity index (χ0n) is 12.4. The molecule has 0 aromatic heterocycles. The molecule has 0 saturated carbocycles. The van der Waals surface area contributed by atoms with E-state index < -0.39 is 12.1 Å². The molecule has 6 N–H and O–H groups in total. The number of nitrogens with one attached hydrogen (secondary N) is 2. The molecule has 1 fully saturated rings. The van der Waals surface area contributed by atoms with E-state index in [0.29, 0.717) is 31.5 Å². The second-order valence-corrected chi connectivity index (χ2v) is 5.53. The number of nitrogens with two attached hydrogens (primary N) is 1. The minimum atomic E-state index is -0.598. The summed E-state index contributed by atoms with van der Waals surface area (Å²) in [5, 5.41) is 21.2. The predicted molar refractivity (Wildman–Crippen MR) is 81.7 cm³/mol. The van der Waals surface area contributed by atoms with Gasteiger partial charge in [0.2, 0.25) is 0 Å². The minimum Gasteiger partial charge on any atom is -0.390 e. The molecule has 3 unspecified atom stereocenters. The summed E-state index contributed by atoms with van der Waals surface area (Å²) in [6.45, 7) is 0.473. The van der Waals surface area contributed by atoms with Crippen molar-refractivity contribution < 1.29 is 19.8 Å². The molecule has 122 valence electrons. The Kier molecular flexibility index (Phi) is 6.14. The zero-order valence-corrected chi connectivity index (χ0v) is 12.4. The van der Waals surface area contributed by atoms with E-state index in [1.165, 1.54) is 0 Å². The summed E-state index contributed by atoms with van der Waals surface area (Å²) in [4.78, 5) is 10.8. The number of aliphatic hydroxyl groups excluding tert-OH is 1. The Bertz CT molecular complexity index is 478. The van der Waals surface area contributed by atoms with Crippen LogP contribution < -0.4 is 16.5 Å². The van der Waals surface area contributed by atoms with Crippen LogP contribution in [-0.4, -0.2) is 41.2 Å². The van der Waals surface area contributed by atoms with E-state index in [9.17, 15) is 9.90 Å². The molecule has 1 saturated heterocycles. The van der Waals surface area contributed by atoms with Gasteiger partial charge in [-0.25, -0.2) is 10.3 Å². The highest BCUT2D eigenvalue weighted by Crippen LogP contribution is 2.24. The fourth-order valence-corrected chi connectivity index (χ4v) is 2.67. The fraction of sp³-hybridized carbons (Fsp3) is 0.533. The molecule has 0 bridgehead atoms. The van der Waals surface area contributed by atoms with Crippen LogP contribution in [0, 0.1) is 0 Å². The first-order chi connectivity index (χ1) is 10.6. The Morgan fingerprint density at radius 1 is 1.32 bits per heavy atom. The number of carbonyl (C=O) groups is 1. The summed E-state index contributed by atoms with van der Waals surface area (Å²) in [6.07, 6.45) is 2.10. The van der Waals surface area contributed by atoms with Gasteiger partial charge in [0.25, 0.3) is 0 Å². The van der Waals surface area contributed by atoms with Gasteiger partial charge < -0.3 is 26.1 Å². The first-order valence-corrected chi connectivity index (χ1v) is 7.44. The SMILES string of the molecule is NC(=O)Nc1ccc(CC2OC(CCNO)CCC2O)cc1. The number of hydroxylamine groups is 1. The molecule has 0 spiro atoms. The van der Waals surface area contributed by atoms with Crippen molar-refractivity contribution in [1.82, 2.24) is 5.48 Å². The molecule has 1 aliphatic heterocycles. The van der Waals surface area contributed by atoms with Crippen molar-refractivity contribution in [2.75, 3.05) is 11.9 Å². The lowest BCUT2D eigenvalue weighted by Gasteiger charge is -2.34. The third kappa shape index (κ3) is 4.96. The number of benzene rings is 1. The van der Waals surface area contributed by atoms with E-state index in [4.69, 9.17) is 15.7 Å². The van der Waals surface area contributed by atoms with Crippen molar-refractivity contribution in [2.24, 2.45) is 5.73 Å². The van der Waals surface area contributed by atoms with Crippen LogP contribution in [0.4, 0.5) is 10.5 Å². The first kappa shape index (κ1) is 16.7. The highest BCUT2D eigenvalue weighted by atomic mass is 16.5. The number of amides is 2. The Labute approximate surface area is 129 Å². The molecule has 7 nitrogen and oxygen atoms in total. The maximum atomic E-state index is 10.8. The number of urea groups is 1. The molecule has 0 radical (unpaired) electrons. The highest BCUT2D eigenvalue weighted by molar-refractivity contribution is 5.87. The first-order valence-electron chi connectivity index (χ1n) is 7.44. The predicted octanol–water partition coefficient (Wildman–Crippen LogP) is 0.997. The number of hydrogen-bond acceptors (Lipinski definition) is 5. The molecule has 2 rings (SSSR count). The summed E-state index contributed by atoms with van der Waals surface area (Å²) in [5.41, 5.74) is 8.83. The number of ether oxygens (including phenoxy) is 1. The Morgan fingerprint density at radius 2 is 2.05 bits per heavy atom. The van der Waals surface area contributed by atoms with Crippen molar-refractivity contribution in [3.63, 3.8) is 0 Å². The lowest BCUT2D eigenvalue weighted by Crippen LogP contribution is -2.41. The van der Waals surface area contributed by atoms with Gasteiger partial charge in [0.1, 0.15) is 0 Å². The van der Waals surface area contributed by atoms with Crippen LogP contribution in [-0.2, 0) is 11.2 Å². The number of aliphatic hydroxyl groups is 1. The zero-order chi connectivity index (χ0) is 15.9. The quantitative estimate of drug-likeness (QED) is 0.503. The second-order valence-electron chi connectivity index (χ2n) is 5.53. The number of hydrogen-bond donors (Lipinski definition) is 5. The van der Waals surface area contributed by atoms with Gasteiger partial charge in [0.15, 0.2) is 0 Å².